The first kappa shape index (κ1) is 20.4. The Kier molecular flexibility index (Phi) is 5.83. The van der Waals surface area contributed by atoms with Crippen LogP contribution in [0, 0.1) is 5.92 Å². The van der Waals surface area contributed by atoms with E-state index in [1.165, 1.54) is 7.11 Å². The number of carbonyl (C=O) groups excluding carboxylic acids is 2. The number of hydrogen-bond acceptors (Lipinski definition) is 6. The number of ether oxygens (including phenoxy) is 2. The summed E-state index contributed by atoms with van der Waals surface area (Å²) in [7, 11) is 3.09. The molecule has 1 atom stereocenters. The van der Waals surface area contributed by atoms with Crippen LogP contribution < -0.4 is 19.7 Å². The Bertz CT molecular complexity index is 1080. The molecule has 1 aromatic carbocycles. The maximum Gasteiger partial charge on any atom is 0.231 e. The Morgan fingerprint density at radius 2 is 2.00 bits per heavy atom. The summed E-state index contributed by atoms with van der Waals surface area (Å²) in [6.45, 7) is 0.792. The second kappa shape index (κ2) is 8.86. The number of carbonyl (C=O) groups is 2. The Hall–Kier alpha value is -3.88. The van der Waals surface area contributed by atoms with E-state index in [1.54, 1.807) is 53.4 Å². The number of benzene rings is 1. The fourth-order valence-electron chi connectivity index (χ4n) is 3.53. The molecule has 1 aliphatic rings. The number of amides is 2. The molecule has 1 fully saturated rings. The van der Waals surface area contributed by atoms with Crippen LogP contribution in [0.1, 0.15) is 12.1 Å². The summed E-state index contributed by atoms with van der Waals surface area (Å²) in [5.74, 6) is 0.722. The summed E-state index contributed by atoms with van der Waals surface area (Å²) in [6, 6.07) is 12.6. The van der Waals surface area contributed by atoms with Crippen LogP contribution in [-0.4, -0.2) is 47.3 Å². The number of nitrogens with one attached hydrogen (secondary N) is 1. The van der Waals surface area contributed by atoms with Gasteiger partial charge in [-0.1, -0.05) is 6.07 Å². The van der Waals surface area contributed by atoms with E-state index in [0.29, 0.717) is 29.5 Å². The molecule has 1 N–H and O–H groups in total. The van der Waals surface area contributed by atoms with Gasteiger partial charge in [-0.3, -0.25) is 19.3 Å². The van der Waals surface area contributed by atoms with E-state index < -0.39 is 5.92 Å². The van der Waals surface area contributed by atoms with E-state index in [-0.39, 0.29) is 24.8 Å². The second-order valence-corrected chi connectivity index (χ2v) is 7.15. The van der Waals surface area contributed by atoms with E-state index in [9.17, 15) is 9.59 Å². The molecular weight excluding hydrogens is 398 g/mol. The highest BCUT2D eigenvalue weighted by molar-refractivity contribution is 6.03. The van der Waals surface area contributed by atoms with Gasteiger partial charge in [-0.05, 0) is 24.3 Å². The molecule has 1 aliphatic heterocycles. The molecule has 31 heavy (non-hydrogen) atoms. The van der Waals surface area contributed by atoms with Crippen molar-refractivity contribution in [3.05, 3.63) is 60.6 Å². The lowest BCUT2D eigenvalue weighted by Crippen LogP contribution is -2.28. The molecule has 1 unspecified atom stereocenters. The van der Waals surface area contributed by atoms with Gasteiger partial charge >= 0.3 is 0 Å². The quantitative estimate of drug-likeness (QED) is 0.629. The van der Waals surface area contributed by atoms with Gasteiger partial charge in [0, 0.05) is 43.2 Å². The minimum absolute atomic E-state index is 0.118. The van der Waals surface area contributed by atoms with Crippen molar-refractivity contribution >= 4 is 23.3 Å². The van der Waals surface area contributed by atoms with Crippen LogP contribution in [0.2, 0.25) is 0 Å². The Labute approximate surface area is 179 Å². The van der Waals surface area contributed by atoms with Gasteiger partial charge in [-0.2, -0.15) is 5.10 Å². The predicted octanol–water partition coefficient (Wildman–Crippen LogP) is 2.34. The molecule has 1 saturated heterocycles. The average Bonchev–Trinajstić information content (AvgIpc) is 3.40. The molecule has 2 aromatic heterocycles. The normalized spacial score (nSPS) is 15.7. The molecule has 9 heteroatoms. The highest BCUT2D eigenvalue weighted by atomic mass is 16.5. The van der Waals surface area contributed by atoms with Crippen molar-refractivity contribution in [2.24, 2.45) is 5.92 Å². The molecule has 0 bridgehead atoms. The van der Waals surface area contributed by atoms with Crippen LogP contribution in [0.4, 0.5) is 11.5 Å². The number of aromatic nitrogens is 3. The Balaban J connectivity index is 1.40. The average molecular weight is 421 g/mol. The molecule has 0 spiro atoms. The van der Waals surface area contributed by atoms with E-state index in [0.717, 1.165) is 5.69 Å². The second-order valence-electron chi connectivity index (χ2n) is 7.15. The molecule has 3 heterocycles. The van der Waals surface area contributed by atoms with Crippen molar-refractivity contribution in [3.63, 3.8) is 0 Å². The summed E-state index contributed by atoms with van der Waals surface area (Å²) >= 11 is 0. The zero-order valence-electron chi connectivity index (χ0n) is 17.3. The lowest BCUT2D eigenvalue weighted by Gasteiger charge is -2.18. The molecule has 3 aromatic rings. The highest BCUT2D eigenvalue weighted by Crippen LogP contribution is 2.34. The third-order valence-electron chi connectivity index (χ3n) is 5.12. The van der Waals surface area contributed by atoms with Crippen LogP contribution in [0.25, 0.3) is 0 Å². The first-order valence-corrected chi connectivity index (χ1v) is 9.84. The van der Waals surface area contributed by atoms with Gasteiger partial charge in [0.05, 0.1) is 32.4 Å². The lowest BCUT2D eigenvalue weighted by molar-refractivity contribution is -0.122. The van der Waals surface area contributed by atoms with Gasteiger partial charge in [0.1, 0.15) is 0 Å². The van der Waals surface area contributed by atoms with E-state index in [2.05, 4.69) is 15.4 Å². The monoisotopic (exact) mass is 421 g/mol. The number of hydrogen-bond donors (Lipinski definition) is 1. The molecule has 9 nitrogen and oxygen atoms in total. The summed E-state index contributed by atoms with van der Waals surface area (Å²) in [5.41, 5.74) is 1.54. The van der Waals surface area contributed by atoms with E-state index in [1.807, 2.05) is 18.2 Å². The number of methoxy groups -OCH3 is 2. The number of pyridine rings is 1. The molecule has 0 radical (unpaired) electrons. The van der Waals surface area contributed by atoms with E-state index >= 15 is 0 Å². The topological polar surface area (TPSA) is 98.6 Å². The van der Waals surface area contributed by atoms with Gasteiger partial charge in [0.2, 0.25) is 11.8 Å². The molecule has 0 aliphatic carbocycles. The third kappa shape index (κ3) is 4.50. The smallest absolute Gasteiger partial charge is 0.231 e. The van der Waals surface area contributed by atoms with Gasteiger partial charge < -0.3 is 19.7 Å². The fourth-order valence-corrected chi connectivity index (χ4v) is 3.53. The van der Waals surface area contributed by atoms with Crippen molar-refractivity contribution in [3.8, 4) is 11.5 Å². The first-order valence-electron chi connectivity index (χ1n) is 9.84. The predicted molar refractivity (Wildman–Crippen MR) is 114 cm³/mol. The largest absolute Gasteiger partial charge is 0.493 e. The zero-order chi connectivity index (χ0) is 21.8. The minimum Gasteiger partial charge on any atom is -0.493 e. The zero-order valence-corrected chi connectivity index (χ0v) is 17.3. The Morgan fingerprint density at radius 1 is 1.16 bits per heavy atom. The SMILES string of the molecule is COc1ccc(N2CC(C(=O)Nc3ccn(Cc4ccccn4)n3)CC2=O)cc1OC. The van der Waals surface area contributed by atoms with Crippen LogP contribution in [0.15, 0.2) is 54.9 Å². The standard InChI is InChI=1S/C22H23N5O4/c1-30-18-7-6-17(12-19(18)31-2)27-13-15(11-21(27)28)22(29)24-20-8-10-26(25-20)14-16-5-3-4-9-23-16/h3-10,12,15H,11,13-14H2,1-2H3,(H,24,25,29). The number of nitrogens with zero attached hydrogens (tertiary/aromatic N) is 4. The van der Waals surface area contributed by atoms with Crippen LogP contribution in [0.3, 0.4) is 0 Å². The van der Waals surface area contributed by atoms with Crippen LogP contribution in [0.5, 0.6) is 11.5 Å². The molecule has 0 saturated carbocycles. The summed E-state index contributed by atoms with van der Waals surface area (Å²) in [4.78, 5) is 31.1. The lowest BCUT2D eigenvalue weighted by atomic mass is 10.1. The van der Waals surface area contributed by atoms with Crippen molar-refractivity contribution in [1.29, 1.82) is 0 Å². The van der Waals surface area contributed by atoms with E-state index in [4.69, 9.17) is 9.47 Å². The Morgan fingerprint density at radius 3 is 2.74 bits per heavy atom. The molecule has 2 amide bonds. The maximum atomic E-state index is 12.7. The minimum atomic E-state index is -0.471. The fraction of sp³-hybridized carbons (Fsp3) is 0.273. The highest BCUT2D eigenvalue weighted by Gasteiger charge is 2.35. The van der Waals surface area contributed by atoms with Crippen molar-refractivity contribution in [2.45, 2.75) is 13.0 Å². The number of anilines is 2. The summed E-state index contributed by atoms with van der Waals surface area (Å²) < 4.78 is 12.3. The molecular formula is C22H23N5O4. The maximum absolute atomic E-state index is 12.7. The van der Waals surface area contributed by atoms with Crippen LogP contribution in [-0.2, 0) is 16.1 Å². The summed E-state index contributed by atoms with van der Waals surface area (Å²) in [6.07, 6.45) is 3.64. The third-order valence-corrected chi connectivity index (χ3v) is 5.12. The van der Waals surface area contributed by atoms with Gasteiger partial charge in [-0.15, -0.1) is 0 Å². The molecule has 160 valence electrons. The first-order chi connectivity index (χ1) is 15.1. The van der Waals surface area contributed by atoms with Crippen molar-refractivity contribution < 1.29 is 19.1 Å². The summed E-state index contributed by atoms with van der Waals surface area (Å²) in [5, 5.41) is 7.18. The van der Waals surface area contributed by atoms with Gasteiger partial charge in [0.15, 0.2) is 17.3 Å². The van der Waals surface area contributed by atoms with Gasteiger partial charge in [0.25, 0.3) is 0 Å². The number of rotatable bonds is 7. The van der Waals surface area contributed by atoms with Crippen molar-refractivity contribution in [2.75, 3.05) is 31.0 Å². The van der Waals surface area contributed by atoms with Gasteiger partial charge in [-0.25, -0.2) is 0 Å². The van der Waals surface area contributed by atoms with Crippen molar-refractivity contribution in [1.82, 2.24) is 14.8 Å². The van der Waals surface area contributed by atoms with Crippen LogP contribution >= 0.6 is 0 Å². The molecule has 4 rings (SSSR count).